The number of ether oxygens (including phenoxy) is 2. The molecule has 1 aliphatic heterocycles. The van der Waals surface area contributed by atoms with Crippen molar-refractivity contribution in [2.45, 2.75) is 24.7 Å². The summed E-state index contributed by atoms with van der Waals surface area (Å²) >= 11 is 0. The summed E-state index contributed by atoms with van der Waals surface area (Å²) in [6.07, 6.45) is 0.612. The Morgan fingerprint density at radius 2 is 1.59 bits per heavy atom. The first-order valence-corrected chi connectivity index (χ1v) is 7.42. The fourth-order valence-electron chi connectivity index (χ4n) is 2.81. The quantitative estimate of drug-likeness (QED) is 0.943. The molecule has 1 saturated heterocycles. The predicted molar refractivity (Wildman–Crippen MR) is 82.9 cm³/mol. The highest BCUT2D eigenvalue weighted by Crippen LogP contribution is 2.40. The zero-order chi connectivity index (χ0) is 15.4. The molecule has 114 valence electrons. The van der Waals surface area contributed by atoms with Crippen LogP contribution >= 0.6 is 0 Å². The van der Waals surface area contributed by atoms with Gasteiger partial charge in [0, 0.05) is 11.1 Å². The Morgan fingerprint density at radius 1 is 1.05 bits per heavy atom. The van der Waals surface area contributed by atoms with E-state index in [1.54, 1.807) is 0 Å². The number of primary amides is 1. The first-order valence-electron chi connectivity index (χ1n) is 7.42. The zero-order valence-corrected chi connectivity index (χ0v) is 12.3. The molecule has 4 nitrogen and oxygen atoms in total. The molecule has 0 saturated carbocycles. The highest BCUT2D eigenvalue weighted by molar-refractivity contribution is 5.74. The van der Waals surface area contributed by atoms with E-state index in [1.165, 1.54) is 0 Å². The Morgan fingerprint density at radius 3 is 2.09 bits per heavy atom. The third kappa shape index (κ3) is 2.89. The molecule has 2 N–H and O–H groups in total. The average Bonchev–Trinajstić information content (AvgIpc) is 2.56. The van der Waals surface area contributed by atoms with Crippen molar-refractivity contribution in [3.63, 3.8) is 0 Å². The number of nitrogens with two attached hydrogens (primary N) is 1. The summed E-state index contributed by atoms with van der Waals surface area (Å²) in [5.74, 6) is -1.34. The number of carbonyl (C=O) groups is 1. The van der Waals surface area contributed by atoms with Crippen molar-refractivity contribution in [3.8, 4) is 0 Å². The van der Waals surface area contributed by atoms with E-state index in [4.69, 9.17) is 15.2 Å². The monoisotopic (exact) mass is 297 g/mol. The summed E-state index contributed by atoms with van der Waals surface area (Å²) in [6.45, 7) is 0.516. The molecule has 22 heavy (non-hydrogen) atoms. The second-order valence-corrected chi connectivity index (χ2v) is 5.40. The molecule has 0 bridgehead atoms. The maximum atomic E-state index is 11.3. The van der Waals surface area contributed by atoms with Gasteiger partial charge < -0.3 is 15.2 Å². The average molecular weight is 297 g/mol. The molecule has 1 fully saturated rings. The van der Waals surface area contributed by atoms with E-state index in [2.05, 4.69) is 0 Å². The molecule has 1 amide bonds. The molecule has 0 aliphatic carbocycles. The molecule has 0 aromatic heterocycles. The Labute approximate surface area is 129 Å². The Kier molecular flexibility index (Phi) is 4.22. The van der Waals surface area contributed by atoms with Crippen molar-refractivity contribution in [2.24, 2.45) is 5.73 Å². The molecule has 2 aromatic rings. The molecule has 1 unspecified atom stereocenters. The third-order valence-electron chi connectivity index (χ3n) is 3.81. The van der Waals surface area contributed by atoms with Crippen LogP contribution in [0.15, 0.2) is 60.7 Å². The molecule has 4 heteroatoms. The van der Waals surface area contributed by atoms with Crippen LogP contribution in [0.5, 0.6) is 0 Å². The minimum atomic E-state index is -0.985. The molecule has 2 aromatic carbocycles. The topological polar surface area (TPSA) is 61.6 Å². The van der Waals surface area contributed by atoms with Crippen molar-refractivity contribution in [1.82, 2.24) is 0 Å². The standard InChI is InChI=1S/C18H19NO3/c19-17(20)13-16-11-12-21-18(22-16,14-7-3-1-4-8-14)15-9-5-2-6-10-15/h1-10,16H,11-13H2,(H2,19,20). The lowest BCUT2D eigenvalue weighted by Crippen LogP contribution is -2.44. The SMILES string of the molecule is NC(=O)CC1CCOC(c2ccccc2)(c2ccccc2)O1. The number of hydrogen-bond acceptors (Lipinski definition) is 3. The summed E-state index contributed by atoms with van der Waals surface area (Å²) in [7, 11) is 0. The van der Waals surface area contributed by atoms with Gasteiger partial charge in [0.15, 0.2) is 0 Å². The zero-order valence-electron chi connectivity index (χ0n) is 12.3. The number of hydrogen-bond donors (Lipinski definition) is 1. The summed E-state index contributed by atoms with van der Waals surface area (Å²) in [4.78, 5) is 11.3. The highest BCUT2D eigenvalue weighted by atomic mass is 16.7. The smallest absolute Gasteiger partial charge is 0.222 e. The van der Waals surface area contributed by atoms with E-state index in [1.807, 2.05) is 60.7 Å². The minimum Gasteiger partial charge on any atom is -0.370 e. The number of carbonyl (C=O) groups excluding carboxylic acids is 1. The van der Waals surface area contributed by atoms with Gasteiger partial charge in [-0.15, -0.1) is 0 Å². The van der Waals surface area contributed by atoms with Crippen LogP contribution in [-0.4, -0.2) is 18.6 Å². The maximum Gasteiger partial charge on any atom is 0.222 e. The van der Waals surface area contributed by atoms with Gasteiger partial charge in [0.1, 0.15) is 0 Å². The molecule has 0 radical (unpaired) electrons. The molecule has 1 heterocycles. The van der Waals surface area contributed by atoms with Crippen LogP contribution in [0.3, 0.4) is 0 Å². The molecular weight excluding hydrogens is 278 g/mol. The van der Waals surface area contributed by atoms with Crippen LogP contribution in [0.1, 0.15) is 24.0 Å². The number of benzene rings is 2. The van der Waals surface area contributed by atoms with Gasteiger partial charge in [-0.05, 0) is 6.42 Å². The second-order valence-electron chi connectivity index (χ2n) is 5.40. The Bertz CT molecular complexity index is 588. The van der Waals surface area contributed by atoms with E-state index in [0.717, 1.165) is 11.1 Å². The first-order chi connectivity index (χ1) is 10.7. The molecule has 0 spiro atoms. The summed E-state index contributed by atoms with van der Waals surface area (Å²) in [6, 6.07) is 19.6. The van der Waals surface area contributed by atoms with Gasteiger partial charge in [-0.2, -0.15) is 0 Å². The molecule has 1 atom stereocenters. The number of rotatable bonds is 4. The van der Waals surface area contributed by atoms with Crippen LogP contribution in [-0.2, 0) is 20.1 Å². The van der Waals surface area contributed by atoms with E-state index >= 15 is 0 Å². The summed E-state index contributed by atoms with van der Waals surface area (Å²) in [5, 5.41) is 0. The van der Waals surface area contributed by atoms with Crippen LogP contribution in [0.2, 0.25) is 0 Å². The fourth-order valence-corrected chi connectivity index (χ4v) is 2.81. The normalized spacial score (nSPS) is 20.5. The van der Waals surface area contributed by atoms with E-state index < -0.39 is 5.79 Å². The molecule has 1 aliphatic rings. The van der Waals surface area contributed by atoms with Gasteiger partial charge in [0.25, 0.3) is 0 Å². The lowest BCUT2D eigenvalue weighted by molar-refractivity contribution is -0.278. The lowest BCUT2D eigenvalue weighted by atomic mass is 9.95. The summed E-state index contributed by atoms with van der Waals surface area (Å²) in [5.41, 5.74) is 7.15. The van der Waals surface area contributed by atoms with Crippen LogP contribution in [0.4, 0.5) is 0 Å². The predicted octanol–water partition coefficient (Wildman–Crippen LogP) is 2.57. The maximum absolute atomic E-state index is 11.3. The van der Waals surface area contributed by atoms with Crippen molar-refractivity contribution in [1.29, 1.82) is 0 Å². The van der Waals surface area contributed by atoms with E-state index in [9.17, 15) is 4.79 Å². The van der Waals surface area contributed by atoms with Crippen LogP contribution in [0.25, 0.3) is 0 Å². The molecule has 3 rings (SSSR count). The molecular formula is C18H19NO3. The Hall–Kier alpha value is -2.17. The fraction of sp³-hybridized carbons (Fsp3) is 0.278. The van der Waals surface area contributed by atoms with Gasteiger partial charge >= 0.3 is 0 Å². The third-order valence-corrected chi connectivity index (χ3v) is 3.81. The van der Waals surface area contributed by atoms with Crippen molar-refractivity contribution >= 4 is 5.91 Å². The minimum absolute atomic E-state index is 0.199. The van der Waals surface area contributed by atoms with E-state index in [-0.39, 0.29) is 18.4 Å². The highest BCUT2D eigenvalue weighted by Gasteiger charge is 2.42. The van der Waals surface area contributed by atoms with Crippen molar-refractivity contribution in [2.75, 3.05) is 6.61 Å². The second kappa shape index (κ2) is 6.30. The van der Waals surface area contributed by atoms with Gasteiger partial charge in [0.05, 0.1) is 19.1 Å². The van der Waals surface area contributed by atoms with Gasteiger partial charge in [-0.25, -0.2) is 0 Å². The number of amides is 1. The van der Waals surface area contributed by atoms with Crippen molar-refractivity contribution < 1.29 is 14.3 Å². The van der Waals surface area contributed by atoms with E-state index in [0.29, 0.717) is 13.0 Å². The largest absolute Gasteiger partial charge is 0.370 e. The first kappa shape index (κ1) is 14.8. The summed E-state index contributed by atoms with van der Waals surface area (Å²) < 4.78 is 12.3. The van der Waals surface area contributed by atoms with Gasteiger partial charge in [-0.1, -0.05) is 60.7 Å². The van der Waals surface area contributed by atoms with Gasteiger partial charge in [-0.3, -0.25) is 4.79 Å². The van der Waals surface area contributed by atoms with Gasteiger partial charge in [0.2, 0.25) is 11.7 Å². The van der Waals surface area contributed by atoms with Crippen LogP contribution in [0, 0.1) is 0 Å². The van der Waals surface area contributed by atoms with Crippen LogP contribution < -0.4 is 5.73 Å². The van der Waals surface area contributed by atoms with Crippen molar-refractivity contribution in [3.05, 3.63) is 71.8 Å². The Balaban J connectivity index is 2.02. The lowest BCUT2D eigenvalue weighted by Gasteiger charge is -2.41.